The number of hydrogen-bond acceptors (Lipinski definition) is 6. The number of methoxy groups -OCH3 is 1. The van der Waals surface area contributed by atoms with E-state index < -0.39 is 0 Å². The number of carbonyl (C=O) groups is 1. The van der Waals surface area contributed by atoms with Gasteiger partial charge < -0.3 is 15.0 Å². The van der Waals surface area contributed by atoms with Gasteiger partial charge in [-0.2, -0.15) is 0 Å². The molecule has 6 nitrogen and oxygen atoms in total. The van der Waals surface area contributed by atoms with E-state index >= 15 is 0 Å². The maximum Gasteiger partial charge on any atom is 0.258 e. The summed E-state index contributed by atoms with van der Waals surface area (Å²) in [5, 5.41) is 5.22. The molecule has 28 heavy (non-hydrogen) atoms. The monoisotopic (exact) mass is 438 g/mol. The zero-order valence-corrected chi connectivity index (χ0v) is 18.3. The first-order valence-corrected chi connectivity index (χ1v) is 10.4. The van der Waals surface area contributed by atoms with Crippen LogP contribution in [0.3, 0.4) is 0 Å². The standard InChI is InChI=1S/C19H20Cl2N4O2S/c1-5-25(6-2)18-17-15(22-9-23-18)11(8-28-17)19(26)24-16-13(20)10(3)7-12(27-4)14(16)21/h7-9H,5-6H2,1-4H3,(H,24,26). The van der Waals surface area contributed by atoms with E-state index in [0.29, 0.717) is 27.5 Å². The number of hydrogen-bond donors (Lipinski definition) is 1. The molecule has 0 atom stereocenters. The van der Waals surface area contributed by atoms with Crippen LogP contribution in [0.15, 0.2) is 17.8 Å². The van der Waals surface area contributed by atoms with Crippen LogP contribution < -0.4 is 15.0 Å². The number of halogens is 2. The molecule has 0 saturated heterocycles. The Hall–Kier alpha value is -2.09. The quantitative estimate of drug-likeness (QED) is 0.556. The molecule has 0 unspecified atom stereocenters. The number of thiophene rings is 1. The molecule has 148 valence electrons. The molecule has 0 spiro atoms. The van der Waals surface area contributed by atoms with E-state index in [0.717, 1.165) is 29.2 Å². The van der Waals surface area contributed by atoms with Gasteiger partial charge >= 0.3 is 0 Å². The van der Waals surface area contributed by atoms with Crippen LogP contribution >= 0.6 is 34.5 Å². The van der Waals surface area contributed by atoms with Crippen molar-refractivity contribution in [3.8, 4) is 5.75 Å². The predicted molar refractivity (Wildman–Crippen MR) is 117 cm³/mol. The molecule has 1 amide bonds. The largest absolute Gasteiger partial charge is 0.495 e. The summed E-state index contributed by atoms with van der Waals surface area (Å²) in [5.74, 6) is 0.930. The van der Waals surface area contributed by atoms with Crippen molar-refractivity contribution in [3.63, 3.8) is 0 Å². The van der Waals surface area contributed by atoms with Gasteiger partial charge in [-0.15, -0.1) is 11.3 Å². The molecule has 0 bridgehead atoms. The van der Waals surface area contributed by atoms with Gasteiger partial charge in [-0.05, 0) is 32.4 Å². The second kappa shape index (κ2) is 8.51. The Labute approximate surface area is 177 Å². The van der Waals surface area contributed by atoms with Gasteiger partial charge in [-0.3, -0.25) is 4.79 Å². The number of carbonyl (C=O) groups excluding carboxylic acids is 1. The summed E-state index contributed by atoms with van der Waals surface area (Å²) < 4.78 is 6.14. The summed E-state index contributed by atoms with van der Waals surface area (Å²) >= 11 is 14.2. The number of rotatable bonds is 6. The summed E-state index contributed by atoms with van der Waals surface area (Å²) in [4.78, 5) is 23.9. The van der Waals surface area contributed by atoms with Crippen molar-refractivity contribution in [2.24, 2.45) is 0 Å². The van der Waals surface area contributed by atoms with E-state index in [1.54, 1.807) is 11.4 Å². The minimum Gasteiger partial charge on any atom is -0.495 e. The summed E-state index contributed by atoms with van der Waals surface area (Å²) in [6.07, 6.45) is 1.48. The molecule has 3 rings (SSSR count). The molecule has 3 aromatic rings. The van der Waals surface area contributed by atoms with E-state index in [4.69, 9.17) is 27.9 Å². The van der Waals surface area contributed by atoms with Gasteiger partial charge in [0.1, 0.15) is 22.9 Å². The highest BCUT2D eigenvalue weighted by atomic mass is 35.5. The minimum atomic E-state index is -0.341. The average Bonchev–Trinajstić information content (AvgIpc) is 3.14. The zero-order chi connectivity index (χ0) is 20.4. The number of fused-ring (bicyclic) bond motifs is 1. The van der Waals surface area contributed by atoms with E-state index in [1.165, 1.54) is 24.8 Å². The summed E-state index contributed by atoms with van der Waals surface area (Å²) in [5.41, 5.74) is 2.12. The van der Waals surface area contributed by atoms with Gasteiger partial charge in [0.15, 0.2) is 0 Å². The topological polar surface area (TPSA) is 67.4 Å². The van der Waals surface area contributed by atoms with Crippen molar-refractivity contribution in [1.82, 2.24) is 9.97 Å². The van der Waals surface area contributed by atoms with Gasteiger partial charge in [0.05, 0.1) is 33.6 Å². The maximum atomic E-state index is 13.0. The lowest BCUT2D eigenvalue weighted by Gasteiger charge is -2.19. The third-order valence-corrected chi connectivity index (χ3v) is 6.28. The average molecular weight is 439 g/mol. The van der Waals surface area contributed by atoms with Crippen molar-refractivity contribution in [3.05, 3.63) is 38.9 Å². The third kappa shape index (κ3) is 3.62. The highest BCUT2D eigenvalue weighted by Crippen LogP contribution is 2.41. The number of aromatic nitrogens is 2. The smallest absolute Gasteiger partial charge is 0.258 e. The number of ether oxygens (including phenoxy) is 1. The fourth-order valence-corrected chi connectivity index (χ4v) is 4.46. The number of benzene rings is 1. The van der Waals surface area contributed by atoms with Gasteiger partial charge in [-0.1, -0.05) is 23.2 Å². The molecule has 0 radical (unpaired) electrons. The number of anilines is 2. The fraction of sp³-hybridized carbons (Fsp3) is 0.316. The first kappa shape index (κ1) is 20.6. The molecule has 9 heteroatoms. The van der Waals surface area contributed by atoms with Crippen molar-refractivity contribution < 1.29 is 9.53 Å². The molecule has 0 saturated carbocycles. The summed E-state index contributed by atoms with van der Waals surface area (Å²) in [6, 6.07) is 1.73. The summed E-state index contributed by atoms with van der Waals surface area (Å²) in [7, 11) is 1.51. The third-order valence-electron chi connectivity index (χ3n) is 4.45. The highest BCUT2D eigenvalue weighted by molar-refractivity contribution is 7.18. The molecule has 0 fully saturated rings. The first-order valence-electron chi connectivity index (χ1n) is 8.73. The predicted octanol–water partition coefficient (Wildman–Crippen LogP) is 5.41. The van der Waals surface area contributed by atoms with Crippen LogP contribution in [0.4, 0.5) is 11.5 Å². The summed E-state index contributed by atoms with van der Waals surface area (Å²) in [6.45, 7) is 7.58. The van der Waals surface area contributed by atoms with Crippen LogP contribution in [-0.2, 0) is 0 Å². The normalized spacial score (nSPS) is 10.9. The van der Waals surface area contributed by atoms with Crippen LogP contribution in [0.2, 0.25) is 10.0 Å². The van der Waals surface area contributed by atoms with E-state index in [-0.39, 0.29) is 10.9 Å². The SMILES string of the molecule is CCN(CC)c1ncnc2c(C(=O)Nc3c(Cl)c(C)cc(OC)c3Cl)csc12. The molecule has 0 aliphatic heterocycles. The second-order valence-electron chi connectivity index (χ2n) is 6.05. The molecule has 0 aliphatic rings. The van der Waals surface area contributed by atoms with Crippen molar-refractivity contribution >= 4 is 62.2 Å². The first-order chi connectivity index (χ1) is 13.4. The van der Waals surface area contributed by atoms with E-state index in [1.807, 2.05) is 6.92 Å². The van der Waals surface area contributed by atoms with Crippen molar-refractivity contribution in [2.75, 3.05) is 30.4 Å². The lowest BCUT2D eigenvalue weighted by Crippen LogP contribution is -2.23. The second-order valence-corrected chi connectivity index (χ2v) is 7.69. The molecular formula is C19H20Cl2N4O2S. The van der Waals surface area contributed by atoms with E-state index in [2.05, 4.69) is 34.0 Å². The molecule has 1 aromatic carbocycles. The lowest BCUT2D eigenvalue weighted by atomic mass is 10.2. The number of aryl methyl sites for hydroxylation is 1. The van der Waals surface area contributed by atoms with Crippen LogP contribution in [-0.4, -0.2) is 36.1 Å². The Bertz CT molecular complexity index is 1030. The van der Waals surface area contributed by atoms with Gasteiger partial charge in [0, 0.05) is 18.5 Å². The Morgan fingerprint density at radius 2 is 1.96 bits per heavy atom. The van der Waals surface area contributed by atoms with Gasteiger partial charge in [-0.25, -0.2) is 9.97 Å². The molecule has 0 aliphatic carbocycles. The Kier molecular flexibility index (Phi) is 6.27. The van der Waals surface area contributed by atoms with Crippen LogP contribution in [0.1, 0.15) is 29.8 Å². The fourth-order valence-electron chi connectivity index (χ4n) is 2.93. The molecule has 1 N–H and O–H groups in total. The van der Waals surface area contributed by atoms with Gasteiger partial charge in [0.2, 0.25) is 0 Å². The Balaban J connectivity index is 2.02. The molecule has 2 heterocycles. The van der Waals surface area contributed by atoms with Crippen molar-refractivity contribution in [2.45, 2.75) is 20.8 Å². The number of nitrogens with zero attached hydrogens (tertiary/aromatic N) is 3. The van der Waals surface area contributed by atoms with Crippen LogP contribution in [0.5, 0.6) is 5.75 Å². The molecule has 2 aromatic heterocycles. The lowest BCUT2D eigenvalue weighted by molar-refractivity contribution is 0.102. The maximum absolute atomic E-state index is 13.0. The number of nitrogens with one attached hydrogen (secondary N) is 1. The number of amides is 1. The Morgan fingerprint density at radius 1 is 1.25 bits per heavy atom. The molecular weight excluding hydrogens is 419 g/mol. The van der Waals surface area contributed by atoms with Crippen molar-refractivity contribution in [1.29, 1.82) is 0 Å². The van der Waals surface area contributed by atoms with Crippen LogP contribution in [0, 0.1) is 6.92 Å². The van der Waals surface area contributed by atoms with Crippen LogP contribution in [0.25, 0.3) is 10.2 Å². The minimum absolute atomic E-state index is 0.254. The van der Waals surface area contributed by atoms with E-state index in [9.17, 15) is 4.79 Å². The Morgan fingerprint density at radius 3 is 2.61 bits per heavy atom. The highest BCUT2D eigenvalue weighted by Gasteiger charge is 2.22. The zero-order valence-electron chi connectivity index (χ0n) is 16.0. The van der Waals surface area contributed by atoms with Gasteiger partial charge in [0.25, 0.3) is 5.91 Å².